The number of aliphatic hydroxyl groups excluding tert-OH is 1. The zero-order chi connectivity index (χ0) is 13.1. The summed E-state index contributed by atoms with van der Waals surface area (Å²) in [7, 11) is 0. The molecule has 2 N–H and O–H groups in total. The summed E-state index contributed by atoms with van der Waals surface area (Å²) in [6, 6.07) is 4.54. The molecule has 18 heavy (non-hydrogen) atoms. The molecule has 1 saturated carbocycles. The van der Waals surface area contributed by atoms with Crippen molar-refractivity contribution in [2.75, 3.05) is 0 Å². The molecule has 0 heterocycles. The second-order valence-electron chi connectivity index (χ2n) is 4.98. The van der Waals surface area contributed by atoms with Gasteiger partial charge in [0.25, 0.3) is 0 Å². The maximum absolute atomic E-state index is 13.8. The molecular formula is C14H19ClFNO. The number of benzene rings is 1. The molecule has 2 nitrogen and oxygen atoms in total. The average Bonchev–Trinajstić information content (AvgIpc) is 2.32. The van der Waals surface area contributed by atoms with Gasteiger partial charge in [-0.3, -0.25) is 0 Å². The summed E-state index contributed by atoms with van der Waals surface area (Å²) in [5.41, 5.74) is 0.483. The fourth-order valence-corrected chi connectivity index (χ4v) is 2.96. The number of rotatable bonds is 3. The van der Waals surface area contributed by atoms with Gasteiger partial charge in [-0.25, -0.2) is 4.39 Å². The van der Waals surface area contributed by atoms with Gasteiger partial charge in [-0.2, -0.15) is 0 Å². The Bertz CT molecular complexity index is 393. The average molecular weight is 272 g/mol. The molecule has 0 aromatic heterocycles. The van der Waals surface area contributed by atoms with E-state index in [0.29, 0.717) is 10.6 Å². The van der Waals surface area contributed by atoms with Crippen LogP contribution in [0.2, 0.25) is 5.02 Å². The molecule has 2 rings (SSSR count). The van der Waals surface area contributed by atoms with Crippen molar-refractivity contribution in [1.82, 2.24) is 5.32 Å². The standard InChI is InChI=1S/C14H19ClFNO/c1-9(14-10(15)5-4-6-11(14)16)17-12-7-2-3-8-13(12)18/h4-6,9,12-13,17-18H,2-3,7-8H2,1H3. The highest BCUT2D eigenvalue weighted by atomic mass is 35.5. The smallest absolute Gasteiger partial charge is 0.129 e. The van der Waals surface area contributed by atoms with Gasteiger partial charge in [0.2, 0.25) is 0 Å². The van der Waals surface area contributed by atoms with Crippen LogP contribution in [0.4, 0.5) is 4.39 Å². The lowest BCUT2D eigenvalue weighted by atomic mass is 9.91. The zero-order valence-electron chi connectivity index (χ0n) is 10.5. The van der Waals surface area contributed by atoms with Crippen LogP contribution in [-0.4, -0.2) is 17.3 Å². The van der Waals surface area contributed by atoms with Gasteiger partial charge in [0, 0.05) is 22.7 Å². The Labute approximate surface area is 112 Å². The van der Waals surface area contributed by atoms with Crippen LogP contribution >= 0.6 is 11.6 Å². The van der Waals surface area contributed by atoms with Gasteiger partial charge in [0.05, 0.1) is 6.10 Å². The third-order valence-electron chi connectivity index (χ3n) is 3.63. The molecule has 0 radical (unpaired) electrons. The maximum atomic E-state index is 13.8. The summed E-state index contributed by atoms with van der Waals surface area (Å²) >= 11 is 6.04. The minimum Gasteiger partial charge on any atom is -0.392 e. The van der Waals surface area contributed by atoms with Crippen LogP contribution in [0.5, 0.6) is 0 Å². The van der Waals surface area contributed by atoms with Gasteiger partial charge in [-0.1, -0.05) is 30.5 Å². The van der Waals surface area contributed by atoms with Crippen LogP contribution < -0.4 is 5.32 Å². The molecule has 0 aliphatic heterocycles. The van der Waals surface area contributed by atoms with E-state index in [1.165, 1.54) is 6.07 Å². The van der Waals surface area contributed by atoms with E-state index in [1.54, 1.807) is 12.1 Å². The molecule has 1 aliphatic carbocycles. The molecule has 1 aromatic rings. The van der Waals surface area contributed by atoms with E-state index in [9.17, 15) is 9.50 Å². The van der Waals surface area contributed by atoms with Crippen molar-refractivity contribution in [1.29, 1.82) is 0 Å². The molecule has 1 fully saturated rings. The summed E-state index contributed by atoms with van der Waals surface area (Å²) in [5.74, 6) is -0.298. The minimum absolute atomic E-state index is 0.0319. The second kappa shape index (κ2) is 6.00. The maximum Gasteiger partial charge on any atom is 0.129 e. The fourth-order valence-electron chi connectivity index (χ4n) is 2.63. The molecule has 3 atom stereocenters. The first-order chi connectivity index (χ1) is 8.59. The Kier molecular flexibility index (Phi) is 4.60. The van der Waals surface area contributed by atoms with Crippen LogP contribution in [0.15, 0.2) is 18.2 Å². The van der Waals surface area contributed by atoms with Gasteiger partial charge in [-0.15, -0.1) is 0 Å². The Morgan fingerprint density at radius 1 is 1.39 bits per heavy atom. The molecule has 0 bridgehead atoms. The van der Waals surface area contributed by atoms with E-state index in [4.69, 9.17) is 11.6 Å². The molecule has 1 aromatic carbocycles. The number of halogens is 2. The monoisotopic (exact) mass is 271 g/mol. The van der Waals surface area contributed by atoms with Gasteiger partial charge in [-0.05, 0) is 31.9 Å². The van der Waals surface area contributed by atoms with Crippen molar-refractivity contribution < 1.29 is 9.50 Å². The zero-order valence-corrected chi connectivity index (χ0v) is 11.3. The van der Waals surface area contributed by atoms with Crippen LogP contribution in [0.3, 0.4) is 0 Å². The fraction of sp³-hybridized carbons (Fsp3) is 0.571. The Morgan fingerprint density at radius 3 is 2.78 bits per heavy atom. The van der Waals surface area contributed by atoms with Crippen molar-refractivity contribution in [2.45, 2.75) is 50.8 Å². The Morgan fingerprint density at radius 2 is 2.11 bits per heavy atom. The first kappa shape index (κ1) is 13.8. The van der Waals surface area contributed by atoms with Crippen LogP contribution in [-0.2, 0) is 0 Å². The SMILES string of the molecule is CC(NC1CCCCC1O)c1c(F)cccc1Cl. The van der Waals surface area contributed by atoms with Crippen LogP contribution in [0.1, 0.15) is 44.2 Å². The highest BCUT2D eigenvalue weighted by Crippen LogP contribution is 2.28. The first-order valence-corrected chi connectivity index (χ1v) is 6.85. The number of aliphatic hydroxyl groups is 1. The topological polar surface area (TPSA) is 32.3 Å². The number of nitrogens with one attached hydrogen (secondary N) is 1. The number of hydrogen-bond donors (Lipinski definition) is 2. The highest BCUT2D eigenvalue weighted by molar-refractivity contribution is 6.31. The number of hydrogen-bond acceptors (Lipinski definition) is 2. The summed E-state index contributed by atoms with van der Waals surface area (Å²) in [5, 5.41) is 13.6. The van der Waals surface area contributed by atoms with Gasteiger partial charge >= 0.3 is 0 Å². The second-order valence-corrected chi connectivity index (χ2v) is 5.39. The molecular weight excluding hydrogens is 253 g/mol. The predicted molar refractivity (Wildman–Crippen MR) is 71.2 cm³/mol. The van der Waals surface area contributed by atoms with Gasteiger partial charge in [0.1, 0.15) is 5.82 Å². The minimum atomic E-state index is -0.341. The summed E-state index contributed by atoms with van der Waals surface area (Å²) in [6.45, 7) is 1.88. The lowest BCUT2D eigenvalue weighted by Crippen LogP contribution is -2.43. The van der Waals surface area contributed by atoms with Crippen molar-refractivity contribution in [2.24, 2.45) is 0 Å². The summed E-state index contributed by atoms with van der Waals surface area (Å²) in [4.78, 5) is 0. The normalized spacial score (nSPS) is 26.0. The van der Waals surface area contributed by atoms with E-state index < -0.39 is 0 Å². The van der Waals surface area contributed by atoms with Crippen LogP contribution in [0, 0.1) is 5.82 Å². The first-order valence-electron chi connectivity index (χ1n) is 6.47. The van der Waals surface area contributed by atoms with Crippen LogP contribution in [0.25, 0.3) is 0 Å². The van der Waals surface area contributed by atoms with Gasteiger partial charge in [0.15, 0.2) is 0 Å². The van der Waals surface area contributed by atoms with E-state index in [-0.39, 0.29) is 24.0 Å². The molecule has 100 valence electrons. The third kappa shape index (κ3) is 3.02. The molecule has 4 heteroatoms. The largest absolute Gasteiger partial charge is 0.392 e. The van der Waals surface area contributed by atoms with Crippen molar-refractivity contribution in [3.8, 4) is 0 Å². The highest BCUT2D eigenvalue weighted by Gasteiger charge is 2.25. The van der Waals surface area contributed by atoms with E-state index in [0.717, 1.165) is 25.7 Å². The molecule has 0 amide bonds. The Balaban J connectivity index is 2.09. The summed E-state index contributed by atoms with van der Waals surface area (Å²) in [6.07, 6.45) is 3.57. The molecule has 0 saturated heterocycles. The third-order valence-corrected chi connectivity index (χ3v) is 3.96. The van der Waals surface area contributed by atoms with Crippen molar-refractivity contribution >= 4 is 11.6 Å². The lowest BCUT2D eigenvalue weighted by molar-refractivity contribution is 0.0857. The molecule has 0 spiro atoms. The van der Waals surface area contributed by atoms with Crippen molar-refractivity contribution in [3.63, 3.8) is 0 Å². The lowest BCUT2D eigenvalue weighted by Gasteiger charge is -2.31. The Hall–Kier alpha value is -0.640. The van der Waals surface area contributed by atoms with Crippen molar-refractivity contribution in [3.05, 3.63) is 34.6 Å². The molecule has 1 aliphatic rings. The molecule has 3 unspecified atom stereocenters. The summed E-state index contributed by atoms with van der Waals surface area (Å²) < 4.78 is 13.8. The predicted octanol–water partition coefficient (Wildman–Crippen LogP) is 3.43. The van der Waals surface area contributed by atoms with Gasteiger partial charge < -0.3 is 10.4 Å². The van der Waals surface area contributed by atoms with E-state index in [1.807, 2.05) is 6.92 Å². The quantitative estimate of drug-likeness (QED) is 0.883. The van der Waals surface area contributed by atoms with E-state index >= 15 is 0 Å². The van der Waals surface area contributed by atoms with E-state index in [2.05, 4.69) is 5.32 Å².